The lowest BCUT2D eigenvalue weighted by molar-refractivity contribution is -0.126. The van der Waals surface area contributed by atoms with E-state index in [-0.39, 0.29) is 5.91 Å². The van der Waals surface area contributed by atoms with Crippen molar-refractivity contribution < 1.29 is 18.7 Å². The van der Waals surface area contributed by atoms with Gasteiger partial charge in [0.15, 0.2) is 0 Å². The number of carbonyl (C=O) groups is 1. The smallest absolute Gasteiger partial charge is 0.232 e. The van der Waals surface area contributed by atoms with Crippen molar-refractivity contribution in [2.45, 2.75) is 13.8 Å². The Hall–Kier alpha value is -3.78. The molecule has 0 aliphatic rings. The number of ether oxygens (including phenoxy) is 2. The summed E-state index contributed by atoms with van der Waals surface area (Å²) in [6.07, 6.45) is 4.97. The molecule has 0 saturated carbocycles. The molecule has 1 amide bonds. The number of rotatable bonds is 7. The summed E-state index contributed by atoms with van der Waals surface area (Å²) in [7, 11) is 3.14. The van der Waals surface area contributed by atoms with Gasteiger partial charge in [-0.3, -0.25) is 4.79 Å². The summed E-state index contributed by atoms with van der Waals surface area (Å²) in [6, 6.07) is 10.6. The minimum absolute atomic E-state index is 0.162. The second-order valence-electron chi connectivity index (χ2n) is 8.41. The van der Waals surface area contributed by atoms with Crippen LogP contribution in [-0.2, 0) is 9.53 Å². The predicted octanol–water partition coefficient (Wildman–Crippen LogP) is 5.05. The first-order chi connectivity index (χ1) is 15.8. The molecule has 0 unspecified atom stereocenters. The lowest BCUT2D eigenvalue weighted by Gasteiger charge is -2.22. The van der Waals surface area contributed by atoms with Gasteiger partial charge in [-0.15, -0.1) is 0 Å². The summed E-state index contributed by atoms with van der Waals surface area (Å²) >= 11 is 0. The van der Waals surface area contributed by atoms with Gasteiger partial charge in [-0.2, -0.15) is 4.39 Å². The van der Waals surface area contributed by atoms with Gasteiger partial charge < -0.3 is 19.8 Å². The number of aromatic amines is 1. The Morgan fingerprint density at radius 3 is 2.64 bits per heavy atom. The quantitative estimate of drug-likeness (QED) is 0.386. The number of halogens is 1. The van der Waals surface area contributed by atoms with E-state index in [4.69, 9.17) is 9.47 Å². The number of nitrogens with one attached hydrogen (secondary N) is 2. The fourth-order valence-electron chi connectivity index (χ4n) is 3.65. The number of fused-ring (bicyclic) bond motifs is 1. The van der Waals surface area contributed by atoms with Gasteiger partial charge in [-0.1, -0.05) is 0 Å². The Morgan fingerprint density at radius 2 is 1.91 bits per heavy atom. The summed E-state index contributed by atoms with van der Waals surface area (Å²) in [5.74, 6) is -0.113. The molecule has 3 heterocycles. The van der Waals surface area contributed by atoms with E-state index in [0.717, 1.165) is 22.1 Å². The molecular formula is C25H25FN4O3. The molecule has 0 saturated heterocycles. The summed E-state index contributed by atoms with van der Waals surface area (Å²) in [5.41, 5.74) is 3.75. The molecule has 0 bridgehead atoms. The summed E-state index contributed by atoms with van der Waals surface area (Å²) in [5, 5.41) is 3.79. The maximum absolute atomic E-state index is 13.7. The van der Waals surface area contributed by atoms with E-state index in [0.29, 0.717) is 29.3 Å². The van der Waals surface area contributed by atoms with Crippen molar-refractivity contribution in [1.82, 2.24) is 15.0 Å². The molecule has 4 rings (SSSR count). The second-order valence-corrected chi connectivity index (χ2v) is 8.41. The van der Waals surface area contributed by atoms with Gasteiger partial charge in [-0.25, -0.2) is 9.97 Å². The number of carbonyl (C=O) groups excluding carboxylic acids is 1. The Balaban J connectivity index is 1.74. The number of nitrogens with zero attached hydrogens (tertiary/aromatic N) is 2. The highest BCUT2D eigenvalue weighted by Crippen LogP contribution is 2.34. The van der Waals surface area contributed by atoms with Crippen LogP contribution in [0.5, 0.6) is 5.75 Å². The number of H-pyrrole nitrogens is 1. The molecule has 0 fully saturated rings. The van der Waals surface area contributed by atoms with Crippen molar-refractivity contribution in [2.24, 2.45) is 5.41 Å². The average Bonchev–Trinajstić information content (AvgIpc) is 3.22. The van der Waals surface area contributed by atoms with Crippen molar-refractivity contribution >= 4 is 22.6 Å². The van der Waals surface area contributed by atoms with E-state index in [2.05, 4.69) is 20.3 Å². The van der Waals surface area contributed by atoms with Crippen LogP contribution in [0.15, 0.2) is 55.0 Å². The van der Waals surface area contributed by atoms with Crippen molar-refractivity contribution in [2.75, 3.05) is 26.1 Å². The van der Waals surface area contributed by atoms with Gasteiger partial charge in [0.05, 0.1) is 19.1 Å². The van der Waals surface area contributed by atoms with Gasteiger partial charge in [0.2, 0.25) is 11.9 Å². The highest BCUT2D eigenvalue weighted by molar-refractivity contribution is 5.97. The molecule has 3 aromatic heterocycles. The van der Waals surface area contributed by atoms with Gasteiger partial charge in [0.1, 0.15) is 11.4 Å². The zero-order chi connectivity index (χ0) is 23.6. The lowest BCUT2D eigenvalue weighted by Crippen LogP contribution is -2.34. The third-order valence-electron chi connectivity index (χ3n) is 5.42. The standard InChI is InChI=1S/C25H25FN4O3/c1-25(2,14-32-3)24(31)30-18-7-16(8-19(11-18)33-4)17-9-20-21(13-29-23(20)28-12-17)15-5-6-27-22(26)10-15/h5-13H,14H2,1-4H3,(H,28,29)(H,30,31). The second kappa shape index (κ2) is 8.99. The zero-order valence-corrected chi connectivity index (χ0v) is 18.9. The minimum Gasteiger partial charge on any atom is -0.497 e. The number of benzene rings is 1. The third-order valence-corrected chi connectivity index (χ3v) is 5.42. The number of anilines is 1. The van der Waals surface area contributed by atoms with E-state index in [1.165, 1.54) is 12.3 Å². The number of hydrogen-bond donors (Lipinski definition) is 2. The van der Waals surface area contributed by atoms with Gasteiger partial charge in [0, 0.05) is 60.0 Å². The maximum Gasteiger partial charge on any atom is 0.232 e. The van der Waals surface area contributed by atoms with Gasteiger partial charge in [0.25, 0.3) is 0 Å². The number of hydrogen-bond acceptors (Lipinski definition) is 5. The van der Waals surface area contributed by atoms with Crippen LogP contribution >= 0.6 is 0 Å². The highest BCUT2D eigenvalue weighted by Gasteiger charge is 2.27. The monoisotopic (exact) mass is 448 g/mol. The Kier molecular flexibility index (Phi) is 6.11. The molecule has 0 atom stereocenters. The molecule has 8 heteroatoms. The summed E-state index contributed by atoms with van der Waals surface area (Å²) in [4.78, 5) is 24.0. The van der Waals surface area contributed by atoms with Crippen LogP contribution in [0.2, 0.25) is 0 Å². The SMILES string of the molecule is COCC(C)(C)C(=O)Nc1cc(OC)cc(-c2cnc3[nH]cc(-c4ccnc(F)c4)c3c2)c1. The van der Waals surface area contributed by atoms with Gasteiger partial charge in [-0.05, 0) is 49.2 Å². The highest BCUT2D eigenvalue weighted by atomic mass is 19.1. The van der Waals surface area contributed by atoms with Crippen molar-refractivity contribution in [1.29, 1.82) is 0 Å². The summed E-state index contributed by atoms with van der Waals surface area (Å²) in [6.45, 7) is 3.93. The average molecular weight is 448 g/mol. The molecule has 1 aromatic carbocycles. The van der Waals surface area contributed by atoms with E-state index in [1.54, 1.807) is 38.7 Å². The van der Waals surface area contributed by atoms with Crippen LogP contribution in [0.1, 0.15) is 13.8 Å². The van der Waals surface area contributed by atoms with Crippen LogP contribution < -0.4 is 10.1 Å². The van der Waals surface area contributed by atoms with E-state index in [1.807, 2.05) is 32.0 Å². The van der Waals surface area contributed by atoms with Crippen molar-refractivity contribution in [3.63, 3.8) is 0 Å². The van der Waals surface area contributed by atoms with Crippen LogP contribution in [0.25, 0.3) is 33.3 Å². The van der Waals surface area contributed by atoms with E-state index in [9.17, 15) is 9.18 Å². The zero-order valence-electron chi connectivity index (χ0n) is 18.9. The minimum atomic E-state index is -0.696. The van der Waals surface area contributed by atoms with Gasteiger partial charge >= 0.3 is 0 Å². The topological polar surface area (TPSA) is 89.1 Å². The lowest BCUT2D eigenvalue weighted by atomic mass is 9.93. The molecule has 170 valence electrons. The molecule has 2 N–H and O–H groups in total. The molecule has 0 spiro atoms. The number of pyridine rings is 2. The van der Waals surface area contributed by atoms with Crippen LogP contribution in [0.3, 0.4) is 0 Å². The first-order valence-electron chi connectivity index (χ1n) is 10.4. The molecule has 0 aliphatic heterocycles. The number of methoxy groups -OCH3 is 2. The normalized spacial score (nSPS) is 11.5. The van der Waals surface area contributed by atoms with Crippen LogP contribution in [0.4, 0.5) is 10.1 Å². The molecule has 4 aromatic rings. The first-order valence-corrected chi connectivity index (χ1v) is 10.4. The van der Waals surface area contributed by atoms with Crippen molar-refractivity contribution in [3.05, 3.63) is 60.9 Å². The number of amides is 1. The Bertz CT molecular complexity index is 1320. The molecular weight excluding hydrogens is 423 g/mol. The van der Waals surface area contributed by atoms with E-state index >= 15 is 0 Å². The number of aromatic nitrogens is 3. The van der Waals surface area contributed by atoms with Crippen LogP contribution in [-0.4, -0.2) is 41.7 Å². The predicted molar refractivity (Wildman–Crippen MR) is 126 cm³/mol. The third kappa shape index (κ3) is 4.70. The maximum atomic E-state index is 13.7. The fraction of sp³-hybridized carbons (Fsp3) is 0.240. The molecule has 0 radical (unpaired) electrons. The van der Waals surface area contributed by atoms with Crippen LogP contribution in [0, 0.1) is 11.4 Å². The Morgan fingerprint density at radius 1 is 1.09 bits per heavy atom. The largest absolute Gasteiger partial charge is 0.497 e. The summed E-state index contributed by atoms with van der Waals surface area (Å²) < 4.78 is 24.3. The molecule has 33 heavy (non-hydrogen) atoms. The first kappa shape index (κ1) is 22.4. The van der Waals surface area contributed by atoms with E-state index < -0.39 is 11.4 Å². The fourth-order valence-corrected chi connectivity index (χ4v) is 3.65. The molecule has 0 aliphatic carbocycles. The van der Waals surface area contributed by atoms with Crippen molar-refractivity contribution in [3.8, 4) is 28.0 Å². The Labute approximate surface area is 191 Å². The molecule has 7 nitrogen and oxygen atoms in total.